The first-order chi connectivity index (χ1) is 15.6. The SMILES string of the molecule is Cc1cc(NC(=O)C(=O)c2c(C(F)(F)F)n(Cc3ccc(Cl)cc3)c3ccccc23)ccn1. The Hall–Kier alpha value is -3.65. The molecule has 2 aromatic heterocycles. The van der Waals surface area contributed by atoms with Crippen molar-refractivity contribution in [3.05, 3.63) is 94.4 Å². The van der Waals surface area contributed by atoms with Gasteiger partial charge in [0.1, 0.15) is 5.69 Å². The van der Waals surface area contributed by atoms with E-state index in [0.29, 0.717) is 16.3 Å². The normalized spacial score (nSPS) is 11.5. The summed E-state index contributed by atoms with van der Waals surface area (Å²) in [6, 6.07) is 15.3. The standard InChI is InChI=1S/C24H17ClF3N3O2/c1-14-12-17(10-11-29-14)30-23(33)21(32)20-18-4-2-3-5-19(18)31(22(20)24(26,27)28)13-15-6-8-16(25)9-7-15/h2-12H,13H2,1H3,(H,29,30,33). The predicted octanol–water partition coefficient (Wildman–Crippen LogP) is 5.89. The van der Waals surface area contributed by atoms with Crippen molar-refractivity contribution in [1.82, 2.24) is 9.55 Å². The van der Waals surface area contributed by atoms with Gasteiger partial charge in [-0.1, -0.05) is 41.9 Å². The van der Waals surface area contributed by atoms with Crippen LogP contribution >= 0.6 is 11.6 Å². The van der Waals surface area contributed by atoms with E-state index >= 15 is 0 Å². The van der Waals surface area contributed by atoms with Crippen LogP contribution in [0.5, 0.6) is 0 Å². The van der Waals surface area contributed by atoms with Gasteiger partial charge in [-0.15, -0.1) is 0 Å². The molecule has 0 unspecified atom stereocenters. The topological polar surface area (TPSA) is 64.0 Å². The second-order valence-electron chi connectivity index (χ2n) is 7.42. The Morgan fingerprint density at radius 3 is 2.42 bits per heavy atom. The summed E-state index contributed by atoms with van der Waals surface area (Å²) >= 11 is 5.89. The van der Waals surface area contributed by atoms with Gasteiger partial charge in [-0.05, 0) is 42.8 Å². The van der Waals surface area contributed by atoms with E-state index in [4.69, 9.17) is 11.6 Å². The van der Waals surface area contributed by atoms with Crippen molar-refractivity contribution in [2.45, 2.75) is 19.6 Å². The molecule has 33 heavy (non-hydrogen) atoms. The van der Waals surface area contributed by atoms with Crippen LogP contribution in [0.15, 0.2) is 66.9 Å². The number of alkyl halides is 3. The van der Waals surface area contributed by atoms with Crippen LogP contribution in [0.2, 0.25) is 5.02 Å². The fourth-order valence-electron chi connectivity index (χ4n) is 3.69. The van der Waals surface area contributed by atoms with Crippen LogP contribution < -0.4 is 5.32 Å². The van der Waals surface area contributed by atoms with Gasteiger partial charge in [0.2, 0.25) is 0 Å². The van der Waals surface area contributed by atoms with Crippen molar-refractivity contribution in [1.29, 1.82) is 0 Å². The second-order valence-corrected chi connectivity index (χ2v) is 7.86. The van der Waals surface area contributed by atoms with Gasteiger partial charge in [0.25, 0.3) is 11.7 Å². The van der Waals surface area contributed by atoms with Crippen LogP contribution in [0.25, 0.3) is 10.9 Å². The molecule has 1 amide bonds. The van der Waals surface area contributed by atoms with Gasteiger partial charge in [-0.3, -0.25) is 14.6 Å². The lowest BCUT2D eigenvalue weighted by Crippen LogP contribution is -2.26. The summed E-state index contributed by atoms with van der Waals surface area (Å²) < 4.78 is 43.9. The summed E-state index contributed by atoms with van der Waals surface area (Å²) in [5, 5.41) is 2.87. The average Bonchev–Trinajstić information content (AvgIpc) is 3.09. The number of rotatable bonds is 5. The first-order valence-electron chi connectivity index (χ1n) is 9.86. The molecule has 9 heteroatoms. The number of carbonyl (C=O) groups is 2. The van der Waals surface area contributed by atoms with Crippen molar-refractivity contribution in [2.75, 3.05) is 5.32 Å². The highest BCUT2D eigenvalue weighted by Gasteiger charge is 2.42. The number of amides is 1. The van der Waals surface area contributed by atoms with E-state index in [1.165, 1.54) is 36.5 Å². The molecule has 0 saturated carbocycles. The largest absolute Gasteiger partial charge is 0.432 e. The van der Waals surface area contributed by atoms with E-state index in [-0.39, 0.29) is 23.1 Å². The van der Waals surface area contributed by atoms with Gasteiger partial charge in [0.05, 0.1) is 5.56 Å². The fraction of sp³-hybridized carbons (Fsp3) is 0.125. The molecule has 2 heterocycles. The number of aromatic nitrogens is 2. The third-order valence-electron chi connectivity index (χ3n) is 5.08. The first-order valence-corrected chi connectivity index (χ1v) is 10.2. The Bertz CT molecular complexity index is 1360. The molecule has 1 N–H and O–H groups in total. The molecule has 4 aromatic rings. The molecule has 0 atom stereocenters. The van der Waals surface area contributed by atoms with E-state index in [1.54, 1.807) is 37.3 Å². The number of nitrogens with one attached hydrogen (secondary N) is 1. The summed E-state index contributed by atoms with van der Waals surface area (Å²) in [4.78, 5) is 29.7. The van der Waals surface area contributed by atoms with E-state index in [2.05, 4.69) is 10.3 Å². The molecule has 0 spiro atoms. The van der Waals surface area contributed by atoms with Gasteiger partial charge < -0.3 is 9.88 Å². The Morgan fingerprint density at radius 1 is 1.06 bits per heavy atom. The van der Waals surface area contributed by atoms with Crippen molar-refractivity contribution in [2.24, 2.45) is 0 Å². The minimum absolute atomic E-state index is 0.0462. The highest BCUT2D eigenvalue weighted by molar-refractivity contribution is 6.48. The Balaban J connectivity index is 1.84. The fourth-order valence-corrected chi connectivity index (χ4v) is 3.82. The highest BCUT2D eigenvalue weighted by Crippen LogP contribution is 2.39. The number of aryl methyl sites for hydroxylation is 1. The number of pyridine rings is 1. The predicted molar refractivity (Wildman–Crippen MR) is 119 cm³/mol. The lowest BCUT2D eigenvalue weighted by atomic mass is 10.1. The van der Waals surface area contributed by atoms with Crippen LogP contribution in [0.4, 0.5) is 18.9 Å². The smallest absolute Gasteiger partial charge is 0.332 e. The maximum Gasteiger partial charge on any atom is 0.432 e. The number of ketones is 1. The second kappa shape index (κ2) is 8.71. The summed E-state index contributed by atoms with van der Waals surface area (Å²) in [6.45, 7) is 1.52. The molecule has 168 valence electrons. The zero-order chi connectivity index (χ0) is 23.8. The molecule has 5 nitrogen and oxygen atoms in total. The molecule has 2 aromatic carbocycles. The molecule has 0 aliphatic rings. The lowest BCUT2D eigenvalue weighted by molar-refractivity contribution is -0.143. The van der Waals surface area contributed by atoms with Gasteiger partial charge in [0.15, 0.2) is 0 Å². The number of hydrogen-bond acceptors (Lipinski definition) is 3. The van der Waals surface area contributed by atoms with Crippen LogP contribution in [0, 0.1) is 6.92 Å². The van der Waals surface area contributed by atoms with Crippen molar-refractivity contribution >= 4 is 39.9 Å². The highest BCUT2D eigenvalue weighted by atomic mass is 35.5. The molecule has 0 bridgehead atoms. The zero-order valence-corrected chi connectivity index (χ0v) is 18.0. The minimum Gasteiger partial charge on any atom is -0.332 e. The number of para-hydroxylation sites is 1. The monoisotopic (exact) mass is 471 g/mol. The molecule has 0 radical (unpaired) electrons. The van der Waals surface area contributed by atoms with Crippen molar-refractivity contribution in [3.8, 4) is 0 Å². The number of anilines is 1. The van der Waals surface area contributed by atoms with Crippen LogP contribution in [0.3, 0.4) is 0 Å². The quantitative estimate of drug-likeness (QED) is 0.292. The van der Waals surface area contributed by atoms with Crippen molar-refractivity contribution < 1.29 is 22.8 Å². The summed E-state index contributed by atoms with van der Waals surface area (Å²) in [5.41, 5.74) is -0.271. The number of halogens is 4. The molecule has 0 aliphatic heterocycles. The third-order valence-corrected chi connectivity index (χ3v) is 5.33. The maximum absolute atomic E-state index is 14.3. The van der Waals surface area contributed by atoms with Gasteiger partial charge in [0, 0.05) is 40.0 Å². The number of carbonyl (C=O) groups excluding carboxylic acids is 2. The molecular formula is C24H17ClF3N3O2. The summed E-state index contributed by atoms with van der Waals surface area (Å²) in [7, 11) is 0. The number of nitrogens with zero attached hydrogens (tertiary/aromatic N) is 2. The number of benzene rings is 2. The third kappa shape index (κ3) is 4.61. The number of fused-ring (bicyclic) bond motifs is 1. The molecular weight excluding hydrogens is 455 g/mol. The van der Waals surface area contributed by atoms with Gasteiger partial charge in [-0.2, -0.15) is 13.2 Å². The Labute approximate surface area is 191 Å². The molecule has 4 rings (SSSR count). The first kappa shape index (κ1) is 22.5. The lowest BCUT2D eigenvalue weighted by Gasteiger charge is -2.15. The molecule has 0 saturated heterocycles. The minimum atomic E-state index is -4.88. The Morgan fingerprint density at radius 2 is 1.76 bits per heavy atom. The van der Waals surface area contributed by atoms with Gasteiger partial charge >= 0.3 is 6.18 Å². The number of hydrogen-bond donors (Lipinski definition) is 1. The van der Waals surface area contributed by atoms with E-state index in [9.17, 15) is 22.8 Å². The zero-order valence-electron chi connectivity index (χ0n) is 17.3. The Kier molecular flexibility index (Phi) is 5.95. The van der Waals surface area contributed by atoms with Gasteiger partial charge in [-0.25, -0.2) is 0 Å². The summed E-state index contributed by atoms with van der Waals surface area (Å²) in [6.07, 6.45) is -3.46. The van der Waals surface area contributed by atoms with E-state index in [1.807, 2.05) is 0 Å². The van der Waals surface area contributed by atoms with E-state index in [0.717, 1.165) is 4.57 Å². The number of Topliss-reactive ketones (excluding diaryl/α,β-unsaturated/α-hetero) is 1. The molecule has 0 fully saturated rings. The van der Waals surface area contributed by atoms with Crippen molar-refractivity contribution in [3.63, 3.8) is 0 Å². The van der Waals surface area contributed by atoms with Crippen LogP contribution in [-0.2, 0) is 17.5 Å². The average molecular weight is 472 g/mol. The molecule has 0 aliphatic carbocycles. The summed E-state index contributed by atoms with van der Waals surface area (Å²) in [5.74, 6) is -2.44. The van der Waals surface area contributed by atoms with Crippen LogP contribution in [0.1, 0.15) is 27.3 Å². The van der Waals surface area contributed by atoms with E-state index < -0.39 is 29.1 Å². The maximum atomic E-state index is 14.3. The van der Waals surface area contributed by atoms with Crippen LogP contribution in [-0.4, -0.2) is 21.2 Å².